The van der Waals surface area contributed by atoms with Crippen molar-refractivity contribution < 1.29 is 24.2 Å². The van der Waals surface area contributed by atoms with Gasteiger partial charge in [0.15, 0.2) is 12.7 Å². The third-order valence-corrected chi connectivity index (χ3v) is 1.94. The summed E-state index contributed by atoms with van der Waals surface area (Å²) >= 11 is 0. The highest BCUT2D eigenvalue weighted by Gasteiger charge is 2.10. The second kappa shape index (κ2) is 6.28. The van der Waals surface area contributed by atoms with E-state index in [4.69, 9.17) is 5.11 Å². The lowest BCUT2D eigenvalue weighted by atomic mass is 10.3. The standard InChI is InChI=1S/C10H12N4O4/c1-7(15)12-13-10(18)8-2-4-14(11-6-8)5-3-9(16)17/h2,4,6H,3,5H2,1H3,(H2,11,16,17,18)/p+1. The smallest absolute Gasteiger partial charge is 0.309 e. The molecule has 3 N–H and O–H groups in total. The lowest BCUT2D eigenvalue weighted by molar-refractivity contribution is -0.753. The van der Waals surface area contributed by atoms with E-state index in [1.165, 1.54) is 30.1 Å². The van der Waals surface area contributed by atoms with Crippen molar-refractivity contribution in [3.05, 3.63) is 24.0 Å². The van der Waals surface area contributed by atoms with Crippen molar-refractivity contribution in [3.63, 3.8) is 0 Å². The summed E-state index contributed by atoms with van der Waals surface area (Å²) in [5, 5.41) is 12.4. The molecule has 18 heavy (non-hydrogen) atoms. The van der Waals surface area contributed by atoms with Crippen LogP contribution in [0.3, 0.4) is 0 Å². The molecule has 8 nitrogen and oxygen atoms in total. The summed E-state index contributed by atoms with van der Waals surface area (Å²) in [6.45, 7) is 1.49. The van der Waals surface area contributed by atoms with Crippen LogP contribution in [0, 0.1) is 0 Å². The minimum atomic E-state index is -0.920. The Hall–Kier alpha value is -2.51. The van der Waals surface area contributed by atoms with Crippen LogP contribution in [0.4, 0.5) is 0 Å². The van der Waals surface area contributed by atoms with Crippen LogP contribution in [0.5, 0.6) is 0 Å². The van der Waals surface area contributed by atoms with Crippen LogP contribution in [0.2, 0.25) is 0 Å². The summed E-state index contributed by atoms with van der Waals surface area (Å²) in [6.07, 6.45) is 2.74. The van der Waals surface area contributed by atoms with E-state index in [1.54, 1.807) is 0 Å². The van der Waals surface area contributed by atoms with Gasteiger partial charge in [-0.05, 0) is 5.10 Å². The highest BCUT2D eigenvalue weighted by atomic mass is 16.4. The van der Waals surface area contributed by atoms with Gasteiger partial charge >= 0.3 is 5.97 Å². The average molecular weight is 253 g/mol. The number of carboxylic acid groups (broad SMARTS) is 1. The Labute approximate surface area is 103 Å². The van der Waals surface area contributed by atoms with E-state index in [0.717, 1.165) is 0 Å². The summed E-state index contributed by atoms with van der Waals surface area (Å²) in [5.74, 6) is -1.80. The van der Waals surface area contributed by atoms with Crippen molar-refractivity contribution in [2.24, 2.45) is 0 Å². The zero-order valence-electron chi connectivity index (χ0n) is 9.71. The number of hydrogen-bond acceptors (Lipinski definition) is 4. The maximum Gasteiger partial charge on any atom is 0.309 e. The van der Waals surface area contributed by atoms with Gasteiger partial charge in [0.1, 0.15) is 12.6 Å². The summed E-state index contributed by atoms with van der Waals surface area (Å²) in [7, 11) is 0. The van der Waals surface area contributed by atoms with Gasteiger partial charge in [-0.1, -0.05) is 4.68 Å². The summed E-state index contributed by atoms with van der Waals surface area (Å²) < 4.78 is 1.41. The molecule has 0 bridgehead atoms. The number of hydrazine groups is 1. The number of hydrogen-bond donors (Lipinski definition) is 3. The molecule has 0 unspecified atom stereocenters. The zero-order chi connectivity index (χ0) is 13.5. The number of rotatable bonds is 4. The van der Waals surface area contributed by atoms with Crippen molar-refractivity contribution in [2.75, 3.05) is 0 Å². The normalized spacial score (nSPS) is 9.61. The first-order chi connectivity index (χ1) is 8.49. The fraction of sp³-hybridized carbons (Fsp3) is 0.300. The van der Waals surface area contributed by atoms with E-state index >= 15 is 0 Å². The lowest BCUT2D eigenvalue weighted by Gasteiger charge is -2.03. The maximum atomic E-state index is 11.5. The van der Waals surface area contributed by atoms with E-state index in [-0.39, 0.29) is 24.4 Å². The number of aliphatic carboxylic acids is 1. The van der Waals surface area contributed by atoms with Crippen LogP contribution in [-0.4, -0.2) is 28.0 Å². The van der Waals surface area contributed by atoms with E-state index in [1.807, 2.05) is 0 Å². The number of carbonyl (C=O) groups is 3. The second-order valence-electron chi connectivity index (χ2n) is 3.46. The quantitative estimate of drug-likeness (QED) is 0.452. The Balaban J connectivity index is 2.56. The third kappa shape index (κ3) is 4.56. The van der Waals surface area contributed by atoms with Gasteiger partial charge in [0.25, 0.3) is 5.91 Å². The topological polar surface area (TPSA) is 112 Å². The predicted molar refractivity (Wildman–Crippen MR) is 58.0 cm³/mol. The van der Waals surface area contributed by atoms with Crippen molar-refractivity contribution in [1.82, 2.24) is 16.0 Å². The van der Waals surface area contributed by atoms with Gasteiger partial charge in [-0.3, -0.25) is 25.2 Å². The Morgan fingerprint density at radius 1 is 1.39 bits per heavy atom. The van der Waals surface area contributed by atoms with Crippen molar-refractivity contribution in [1.29, 1.82) is 0 Å². The van der Waals surface area contributed by atoms with E-state index in [0.29, 0.717) is 0 Å². The number of nitrogens with zero attached hydrogens (tertiary/aromatic N) is 2. The summed E-state index contributed by atoms with van der Waals surface area (Å²) in [6, 6.07) is 1.48. The van der Waals surface area contributed by atoms with Gasteiger partial charge in [-0.15, -0.1) is 0 Å². The van der Waals surface area contributed by atoms with E-state index < -0.39 is 11.9 Å². The molecule has 0 aliphatic heterocycles. The first kappa shape index (κ1) is 13.6. The molecule has 0 fully saturated rings. The molecule has 0 saturated carbocycles. The SMILES string of the molecule is CC(=O)NNC(=O)c1cc[n+](CCC(=O)O)nc1. The van der Waals surface area contributed by atoms with E-state index in [9.17, 15) is 14.4 Å². The average Bonchev–Trinajstić information content (AvgIpc) is 2.34. The minimum Gasteiger partial charge on any atom is -0.481 e. The Bertz CT molecular complexity index is 457. The molecular weight excluding hydrogens is 240 g/mol. The molecule has 0 aromatic carbocycles. The largest absolute Gasteiger partial charge is 0.481 e. The first-order valence-corrected chi connectivity index (χ1v) is 5.13. The number of aromatic nitrogens is 2. The van der Waals surface area contributed by atoms with Crippen LogP contribution in [0.15, 0.2) is 18.5 Å². The molecular formula is C10H13N4O4+. The van der Waals surface area contributed by atoms with Crippen LogP contribution in [-0.2, 0) is 16.1 Å². The molecule has 96 valence electrons. The summed E-state index contributed by atoms with van der Waals surface area (Å²) in [4.78, 5) is 32.4. The molecule has 0 aliphatic carbocycles. The van der Waals surface area contributed by atoms with Crippen LogP contribution >= 0.6 is 0 Å². The van der Waals surface area contributed by atoms with Crippen molar-refractivity contribution in [2.45, 2.75) is 19.9 Å². The molecule has 0 radical (unpaired) electrons. The molecule has 1 rings (SSSR count). The number of amides is 2. The first-order valence-electron chi connectivity index (χ1n) is 5.13. The van der Waals surface area contributed by atoms with Crippen LogP contribution < -0.4 is 15.5 Å². The number of aryl methyl sites for hydroxylation is 1. The van der Waals surface area contributed by atoms with Crippen molar-refractivity contribution in [3.8, 4) is 0 Å². The summed E-state index contributed by atoms with van der Waals surface area (Å²) in [5.41, 5.74) is 4.59. The Kier molecular flexibility index (Phi) is 4.73. The molecule has 8 heteroatoms. The van der Waals surface area contributed by atoms with Crippen LogP contribution in [0.1, 0.15) is 23.7 Å². The minimum absolute atomic E-state index is 0.0465. The third-order valence-electron chi connectivity index (χ3n) is 1.94. The van der Waals surface area contributed by atoms with Gasteiger partial charge in [0, 0.05) is 13.0 Å². The number of nitrogens with one attached hydrogen (secondary N) is 2. The van der Waals surface area contributed by atoms with Gasteiger partial charge in [-0.25, -0.2) is 0 Å². The van der Waals surface area contributed by atoms with Gasteiger partial charge in [0.05, 0.1) is 5.56 Å². The van der Waals surface area contributed by atoms with Gasteiger partial charge in [-0.2, -0.15) is 0 Å². The van der Waals surface area contributed by atoms with E-state index in [2.05, 4.69) is 16.0 Å². The van der Waals surface area contributed by atoms with Crippen LogP contribution in [0.25, 0.3) is 0 Å². The molecule has 2 amide bonds. The van der Waals surface area contributed by atoms with Gasteiger partial charge < -0.3 is 5.11 Å². The molecule has 0 atom stereocenters. The number of carboxylic acids is 1. The highest BCUT2D eigenvalue weighted by molar-refractivity contribution is 5.94. The fourth-order valence-electron chi connectivity index (χ4n) is 1.08. The van der Waals surface area contributed by atoms with Gasteiger partial charge in [0.2, 0.25) is 5.91 Å². The monoisotopic (exact) mass is 253 g/mol. The highest BCUT2D eigenvalue weighted by Crippen LogP contribution is 1.92. The fourth-order valence-corrected chi connectivity index (χ4v) is 1.08. The number of carbonyl (C=O) groups excluding carboxylic acids is 2. The predicted octanol–water partition coefficient (Wildman–Crippen LogP) is -1.38. The molecule has 0 aliphatic rings. The van der Waals surface area contributed by atoms with Crippen molar-refractivity contribution >= 4 is 17.8 Å². The molecule has 1 aromatic rings. The lowest BCUT2D eigenvalue weighted by Crippen LogP contribution is -2.42. The zero-order valence-corrected chi connectivity index (χ0v) is 9.71. The Morgan fingerprint density at radius 2 is 2.11 bits per heavy atom. The molecule has 1 aromatic heterocycles. The maximum absolute atomic E-state index is 11.5. The Morgan fingerprint density at radius 3 is 2.61 bits per heavy atom. The molecule has 1 heterocycles. The molecule has 0 saturated heterocycles. The molecule has 0 spiro atoms. The second-order valence-corrected chi connectivity index (χ2v) is 3.46.